The number of piperidine rings is 2. The maximum absolute atomic E-state index is 12.8. The molecular formula is C23H34N6O. The summed E-state index contributed by atoms with van der Waals surface area (Å²) in [5.41, 5.74) is 3.32. The maximum Gasteiger partial charge on any atom is 0.224 e. The molecular weight excluding hydrogens is 376 g/mol. The van der Waals surface area contributed by atoms with Gasteiger partial charge in [-0.1, -0.05) is 6.07 Å². The van der Waals surface area contributed by atoms with Gasteiger partial charge in [0, 0.05) is 38.6 Å². The van der Waals surface area contributed by atoms with E-state index in [9.17, 15) is 4.79 Å². The van der Waals surface area contributed by atoms with Gasteiger partial charge in [0.25, 0.3) is 0 Å². The number of hydrogen-bond donors (Lipinski definition) is 1. The average molecular weight is 411 g/mol. The van der Waals surface area contributed by atoms with Crippen LogP contribution in [0.1, 0.15) is 42.6 Å². The zero-order valence-electron chi connectivity index (χ0n) is 18.3. The van der Waals surface area contributed by atoms with Crippen molar-refractivity contribution in [3.05, 3.63) is 47.5 Å². The topological polar surface area (TPSA) is 66.3 Å². The van der Waals surface area contributed by atoms with Crippen molar-refractivity contribution in [3.63, 3.8) is 0 Å². The fourth-order valence-electron chi connectivity index (χ4n) is 4.90. The van der Waals surface area contributed by atoms with Crippen LogP contribution in [0.25, 0.3) is 0 Å². The lowest BCUT2D eigenvalue weighted by Crippen LogP contribution is -2.50. The lowest BCUT2D eigenvalue weighted by atomic mass is 9.93. The molecule has 2 saturated heterocycles. The van der Waals surface area contributed by atoms with Gasteiger partial charge in [0.2, 0.25) is 5.91 Å². The predicted octanol–water partition coefficient (Wildman–Crippen LogP) is 2.12. The van der Waals surface area contributed by atoms with Gasteiger partial charge in [0.05, 0.1) is 23.9 Å². The fourth-order valence-corrected chi connectivity index (χ4v) is 4.90. The molecule has 0 aliphatic carbocycles. The molecule has 2 fully saturated rings. The molecule has 0 unspecified atom stereocenters. The van der Waals surface area contributed by atoms with Crippen molar-refractivity contribution < 1.29 is 4.79 Å². The van der Waals surface area contributed by atoms with Gasteiger partial charge in [-0.15, -0.1) is 0 Å². The third-order valence-corrected chi connectivity index (χ3v) is 6.57. The van der Waals surface area contributed by atoms with Crippen LogP contribution < -0.4 is 5.32 Å². The molecule has 30 heavy (non-hydrogen) atoms. The largest absolute Gasteiger partial charge is 0.350 e. The van der Waals surface area contributed by atoms with Crippen LogP contribution in [0.15, 0.2) is 30.6 Å². The Kier molecular flexibility index (Phi) is 6.79. The van der Waals surface area contributed by atoms with E-state index in [1.165, 1.54) is 18.4 Å². The molecule has 2 aromatic rings. The van der Waals surface area contributed by atoms with E-state index >= 15 is 0 Å². The van der Waals surface area contributed by atoms with E-state index in [0.29, 0.717) is 12.6 Å². The van der Waals surface area contributed by atoms with Gasteiger partial charge in [-0.3, -0.25) is 24.3 Å². The van der Waals surface area contributed by atoms with Crippen LogP contribution in [0, 0.1) is 12.8 Å². The quantitative estimate of drug-likeness (QED) is 0.790. The van der Waals surface area contributed by atoms with Crippen molar-refractivity contribution in [2.24, 2.45) is 13.0 Å². The van der Waals surface area contributed by atoms with Crippen molar-refractivity contribution in [3.8, 4) is 0 Å². The monoisotopic (exact) mass is 410 g/mol. The Hall–Kier alpha value is -2.25. The minimum Gasteiger partial charge on any atom is -0.350 e. The van der Waals surface area contributed by atoms with Gasteiger partial charge in [0.15, 0.2) is 0 Å². The number of pyridine rings is 1. The number of carbonyl (C=O) groups excluding carboxylic acids is 1. The highest BCUT2D eigenvalue weighted by Crippen LogP contribution is 2.24. The Morgan fingerprint density at radius 2 is 2.07 bits per heavy atom. The lowest BCUT2D eigenvalue weighted by Gasteiger charge is -2.42. The molecule has 0 spiro atoms. The molecule has 1 atom stereocenters. The summed E-state index contributed by atoms with van der Waals surface area (Å²) in [7, 11) is 1.93. The van der Waals surface area contributed by atoms with Crippen LogP contribution in [0.2, 0.25) is 0 Å². The second-order valence-corrected chi connectivity index (χ2v) is 8.82. The molecule has 4 heterocycles. The molecule has 7 heteroatoms. The van der Waals surface area contributed by atoms with Gasteiger partial charge in [-0.2, -0.15) is 5.10 Å². The number of likely N-dealkylation sites (tertiary alicyclic amines) is 2. The van der Waals surface area contributed by atoms with Gasteiger partial charge < -0.3 is 5.32 Å². The van der Waals surface area contributed by atoms with E-state index in [1.807, 2.05) is 43.2 Å². The second-order valence-electron chi connectivity index (χ2n) is 8.82. The third-order valence-electron chi connectivity index (χ3n) is 6.57. The molecule has 0 saturated carbocycles. The fraction of sp³-hybridized carbons (Fsp3) is 0.609. The van der Waals surface area contributed by atoms with Gasteiger partial charge in [-0.25, -0.2) is 0 Å². The standard InChI is InChI=1S/C23H34N6O/c1-18-13-22(27(2)26-18)15-25-23(30)20-6-4-10-29(17-20)21-7-11-28(12-8-21)16-19-5-3-9-24-14-19/h3,5,9,13-14,20-21H,4,6-8,10-12,15-17H2,1-2H3,(H,25,30)/t20-/m0/s1. The zero-order chi connectivity index (χ0) is 20.9. The van der Waals surface area contributed by atoms with Crippen LogP contribution in [0.5, 0.6) is 0 Å². The number of amides is 1. The summed E-state index contributed by atoms with van der Waals surface area (Å²) in [5, 5.41) is 7.50. The summed E-state index contributed by atoms with van der Waals surface area (Å²) in [6, 6.07) is 6.80. The van der Waals surface area contributed by atoms with Gasteiger partial charge in [0.1, 0.15) is 0 Å². The Labute approximate surface area is 179 Å². The van der Waals surface area contributed by atoms with Crippen molar-refractivity contribution in [2.75, 3.05) is 26.2 Å². The summed E-state index contributed by atoms with van der Waals surface area (Å²) >= 11 is 0. The van der Waals surface area contributed by atoms with E-state index in [1.54, 1.807) is 0 Å². The Morgan fingerprint density at radius 3 is 2.77 bits per heavy atom. The lowest BCUT2D eigenvalue weighted by molar-refractivity contribution is -0.127. The molecule has 0 aromatic carbocycles. The molecule has 7 nitrogen and oxygen atoms in total. The Bertz CT molecular complexity index is 827. The van der Waals surface area contributed by atoms with E-state index in [0.717, 1.165) is 57.0 Å². The highest BCUT2D eigenvalue weighted by Gasteiger charge is 2.31. The number of nitrogens with one attached hydrogen (secondary N) is 1. The molecule has 2 aromatic heterocycles. The van der Waals surface area contributed by atoms with E-state index in [2.05, 4.69) is 31.3 Å². The van der Waals surface area contributed by atoms with Crippen LogP contribution in [-0.4, -0.2) is 62.7 Å². The molecule has 2 aliphatic rings. The summed E-state index contributed by atoms with van der Waals surface area (Å²) in [5.74, 6) is 0.286. The molecule has 2 aliphatic heterocycles. The molecule has 1 N–H and O–H groups in total. The van der Waals surface area contributed by atoms with Crippen LogP contribution in [0.4, 0.5) is 0 Å². The highest BCUT2D eigenvalue weighted by atomic mass is 16.1. The van der Waals surface area contributed by atoms with Gasteiger partial charge in [-0.05, 0) is 69.9 Å². The first kappa shape index (κ1) is 21.0. The predicted molar refractivity (Wildman–Crippen MR) is 117 cm³/mol. The number of nitrogens with zero attached hydrogens (tertiary/aromatic N) is 5. The molecule has 4 rings (SSSR count). The van der Waals surface area contributed by atoms with Crippen LogP contribution in [0.3, 0.4) is 0 Å². The first-order valence-electron chi connectivity index (χ1n) is 11.2. The number of hydrogen-bond acceptors (Lipinski definition) is 5. The van der Waals surface area contributed by atoms with E-state index in [-0.39, 0.29) is 11.8 Å². The highest BCUT2D eigenvalue weighted by molar-refractivity contribution is 5.78. The van der Waals surface area contributed by atoms with Crippen molar-refractivity contribution in [1.29, 1.82) is 0 Å². The summed E-state index contributed by atoms with van der Waals surface area (Å²) in [6.45, 7) is 7.77. The van der Waals surface area contributed by atoms with Crippen LogP contribution >= 0.6 is 0 Å². The van der Waals surface area contributed by atoms with Crippen molar-refractivity contribution >= 4 is 5.91 Å². The molecule has 162 valence electrons. The number of aryl methyl sites for hydroxylation is 2. The smallest absolute Gasteiger partial charge is 0.224 e. The molecule has 0 bridgehead atoms. The number of rotatable bonds is 6. The SMILES string of the molecule is Cc1cc(CNC(=O)[C@H]2CCCN(C3CCN(Cc4cccnc4)CC3)C2)n(C)n1. The molecule has 0 radical (unpaired) electrons. The minimum absolute atomic E-state index is 0.0986. The van der Waals surface area contributed by atoms with Crippen LogP contribution in [-0.2, 0) is 24.9 Å². The zero-order valence-corrected chi connectivity index (χ0v) is 18.3. The van der Waals surface area contributed by atoms with Crippen molar-refractivity contribution in [1.82, 2.24) is 29.9 Å². The summed E-state index contributed by atoms with van der Waals surface area (Å²) in [6.07, 6.45) is 8.26. The third kappa shape index (κ3) is 5.26. The van der Waals surface area contributed by atoms with E-state index < -0.39 is 0 Å². The normalized spacial score (nSPS) is 21.6. The van der Waals surface area contributed by atoms with Gasteiger partial charge >= 0.3 is 0 Å². The summed E-state index contributed by atoms with van der Waals surface area (Å²) < 4.78 is 1.85. The minimum atomic E-state index is 0.0986. The first-order valence-corrected chi connectivity index (χ1v) is 11.2. The number of carbonyl (C=O) groups is 1. The maximum atomic E-state index is 12.8. The van der Waals surface area contributed by atoms with E-state index in [4.69, 9.17) is 0 Å². The average Bonchev–Trinajstić information content (AvgIpc) is 3.10. The summed E-state index contributed by atoms with van der Waals surface area (Å²) in [4.78, 5) is 22.1. The first-order chi connectivity index (χ1) is 14.6. The van der Waals surface area contributed by atoms with Crippen molar-refractivity contribution in [2.45, 2.75) is 51.7 Å². The molecule has 1 amide bonds. The Morgan fingerprint density at radius 1 is 1.23 bits per heavy atom. The second kappa shape index (κ2) is 9.71. The number of aromatic nitrogens is 3. The Balaban J connectivity index is 1.24.